The molecule has 6 heteroatoms. The largest absolute Gasteiger partial charge is 0.388 e. The van der Waals surface area contributed by atoms with Gasteiger partial charge in [0.15, 0.2) is 0 Å². The van der Waals surface area contributed by atoms with E-state index in [9.17, 15) is 8.42 Å². The summed E-state index contributed by atoms with van der Waals surface area (Å²) in [6, 6.07) is 6.76. The van der Waals surface area contributed by atoms with Crippen molar-refractivity contribution in [2.24, 2.45) is 0 Å². The normalized spacial score (nSPS) is 24.6. The molecule has 20 heavy (non-hydrogen) atoms. The lowest BCUT2D eigenvalue weighted by atomic mass is 10.2. The lowest BCUT2D eigenvalue weighted by molar-refractivity contribution is -0.0230. The van der Waals surface area contributed by atoms with Crippen molar-refractivity contribution in [3.05, 3.63) is 24.3 Å². The number of ether oxygens (including phenoxy) is 1. The van der Waals surface area contributed by atoms with E-state index >= 15 is 0 Å². The first-order chi connectivity index (χ1) is 9.48. The molecule has 0 aliphatic carbocycles. The standard InChI is InChI=1S/C14H22N2O3S/c1-4-13-10-19-11(2)9-16(13)20(17,18)14-7-5-12(15-3)6-8-14/h5-8,11,13,15H,4,9-10H2,1-3H3. The predicted molar refractivity (Wildman–Crippen MR) is 79.4 cm³/mol. The Balaban J connectivity index is 2.31. The quantitative estimate of drug-likeness (QED) is 0.922. The lowest BCUT2D eigenvalue weighted by Gasteiger charge is -2.37. The summed E-state index contributed by atoms with van der Waals surface area (Å²) in [5.41, 5.74) is 0.895. The van der Waals surface area contributed by atoms with Crippen LogP contribution in [0.3, 0.4) is 0 Å². The second kappa shape index (κ2) is 6.11. The van der Waals surface area contributed by atoms with Crippen LogP contribution in [0.5, 0.6) is 0 Å². The van der Waals surface area contributed by atoms with Crippen molar-refractivity contribution in [2.75, 3.05) is 25.5 Å². The Morgan fingerprint density at radius 1 is 1.35 bits per heavy atom. The van der Waals surface area contributed by atoms with Crippen molar-refractivity contribution in [2.45, 2.75) is 37.3 Å². The third kappa shape index (κ3) is 2.97. The smallest absolute Gasteiger partial charge is 0.243 e. The number of sulfonamides is 1. The molecule has 2 atom stereocenters. The molecule has 2 unspecified atom stereocenters. The zero-order valence-corrected chi connectivity index (χ0v) is 13.0. The first-order valence-corrected chi connectivity index (χ1v) is 8.34. The molecule has 0 spiro atoms. The number of anilines is 1. The van der Waals surface area contributed by atoms with Crippen LogP contribution in [0.2, 0.25) is 0 Å². The van der Waals surface area contributed by atoms with E-state index in [1.54, 1.807) is 35.6 Å². The Hall–Kier alpha value is -1.11. The first kappa shape index (κ1) is 15.3. The Morgan fingerprint density at radius 3 is 2.55 bits per heavy atom. The molecular formula is C14H22N2O3S. The van der Waals surface area contributed by atoms with Crippen LogP contribution in [0.15, 0.2) is 29.2 Å². The Labute approximate surface area is 121 Å². The van der Waals surface area contributed by atoms with E-state index in [2.05, 4.69) is 5.32 Å². The zero-order valence-electron chi connectivity index (χ0n) is 12.2. The fraction of sp³-hybridized carbons (Fsp3) is 0.571. The highest BCUT2D eigenvalue weighted by molar-refractivity contribution is 7.89. The fourth-order valence-electron chi connectivity index (χ4n) is 2.36. The SMILES string of the molecule is CCC1COC(C)CN1S(=O)(=O)c1ccc(NC)cc1. The van der Waals surface area contributed by atoms with Gasteiger partial charge in [-0.05, 0) is 37.6 Å². The van der Waals surface area contributed by atoms with E-state index in [4.69, 9.17) is 4.74 Å². The second-order valence-corrected chi connectivity index (χ2v) is 6.95. The summed E-state index contributed by atoms with van der Waals surface area (Å²) >= 11 is 0. The lowest BCUT2D eigenvalue weighted by Crippen LogP contribution is -2.51. The number of nitrogens with zero attached hydrogens (tertiary/aromatic N) is 1. The van der Waals surface area contributed by atoms with Gasteiger partial charge in [0.25, 0.3) is 0 Å². The van der Waals surface area contributed by atoms with Gasteiger partial charge in [-0.3, -0.25) is 0 Å². The van der Waals surface area contributed by atoms with Crippen LogP contribution >= 0.6 is 0 Å². The Bertz CT molecular complexity index is 542. The number of hydrogen-bond donors (Lipinski definition) is 1. The van der Waals surface area contributed by atoms with Gasteiger partial charge < -0.3 is 10.1 Å². The summed E-state index contributed by atoms with van der Waals surface area (Å²) in [6.45, 7) is 4.76. The summed E-state index contributed by atoms with van der Waals surface area (Å²) in [5.74, 6) is 0. The molecule has 112 valence electrons. The molecule has 1 N–H and O–H groups in total. The number of rotatable bonds is 4. The van der Waals surface area contributed by atoms with Crippen LogP contribution in [-0.2, 0) is 14.8 Å². The topological polar surface area (TPSA) is 58.6 Å². The van der Waals surface area contributed by atoms with Gasteiger partial charge in [-0.15, -0.1) is 0 Å². The molecule has 1 aliphatic heterocycles. The molecule has 0 bridgehead atoms. The number of morpholine rings is 1. The Morgan fingerprint density at radius 2 is 2.00 bits per heavy atom. The number of nitrogens with one attached hydrogen (secondary N) is 1. The molecule has 0 saturated carbocycles. The van der Waals surface area contributed by atoms with Crippen molar-refractivity contribution >= 4 is 15.7 Å². The molecule has 1 saturated heterocycles. The average molecular weight is 298 g/mol. The molecular weight excluding hydrogens is 276 g/mol. The van der Waals surface area contributed by atoms with Crippen LogP contribution in [0.25, 0.3) is 0 Å². The molecule has 1 heterocycles. The van der Waals surface area contributed by atoms with Gasteiger partial charge in [-0.2, -0.15) is 4.31 Å². The van der Waals surface area contributed by atoms with Crippen LogP contribution < -0.4 is 5.32 Å². The summed E-state index contributed by atoms with van der Waals surface area (Å²) in [4.78, 5) is 0.337. The number of benzene rings is 1. The summed E-state index contributed by atoms with van der Waals surface area (Å²) in [6.07, 6.45) is 0.685. The maximum Gasteiger partial charge on any atom is 0.243 e. The van der Waals surface area contributed by atoms with Gasteiger partial charge >= 0.3 is 0 Å². The fourth-order valence-corrected chi connectivity index (χ4v) is 4.12. The van der Waals surface area contributed by atoms with Gasteiger partial charge in [0.1, 0.15) is 0 Å². The average Bonchev–Trinajstić information content (AvgIpc) is 2.47. The molecule has 0 radical (unpaired) electrons. The summed E-state index contributed by atoms with van der Waals surface area (Å²) in [5, 5.41) is 2.98. The molecule has 2 rings (SSSR count). The molecule has 0 aromatic heterocycles. The van der Waals surface area contributed by atoms with Gasteiger partial charge in [-0.1, -0.05) is 6.92 Å². The van der Waals surface area contributed by atoms with Gasteiger partial charge in [-0.25, -0.2) is 8.42 Å². The van der Waals surface area contributed by atoms with Crippen molar-refractivity contribution in [3.8, 4) is 0 Å². The van der Waals surface area contributed by atoms with Crippen molar-refractivity contribution in [3.63, 3.8) is 0 Å². The van der Waals surface area contributed by atoms with Gasteiger partial charge in [0.2, 0.25) is 10.0 Å². The van der Waals surface area contributed by atoms with E-state index in [1.807, 2.05) is 13.8 Å². The second-order valence-electron chi connectivity index (χ2n) is 5.06. The van der Waals surface area contributed by atoms with E-state index < -0.39 is 10.0 Å². The van der Waals surface area contributed by atoms with E-state index in [0.29, 0.717) is 18.0 Å². The highest BCUT2D eigenvalue weighted by Gasteiger charge is 2.35. The van der Waals surface area contributed by atoms with Crippen LogP contribution in [0, 0.1) is 0 Å². The van der Waals surface area contributed by atoms with Gasteiger partial charge in [0, 0.05) is 25.3 Å². The minimum absolute atomic E-state index is 0.0656. The predicted octanol–water partition coefficient (Wildman–Crippen LogP) is 1.92. The zero-order chi connectivity index (χ0) is 14.8. The van der Waals surface area contributed by atoms with E-state index in [1.165, 1.54) is 0 Å². The number of hydrogen-bond acceptors (Lipinski definition) is 4. The molecule has 1 fully saturated rings. The first-order valence-electron chi connectivity index (χ1n) is 6.90. The molecule has 0 amide bonds. The van der Waals surface area contributed by atoms with Crippen LogP contribution in [0.4, 0.5) is 5.69 Å². The van der Waals surface area contributed by atoms with Crippen molar-refractivity contribution < 1.29 is 13.2 Å². The van der Waals surface area contributed by atoms with E-state index in [-0.39, 0.29) is 12.1 Å². The maximum atomic E-state index is 12.8. The van der Waals surface area contributed by atoms with Crippen LogP contribution in [0.1, 0.15) is 20.3 Å². The molecule has 1 aromatic carbocycles. The highest BCUT2D eigenvalue weighted by Crippen LogP contribution is 2.24. The minimum Gasteiger partial charge on any atom is -0.388 e. The monoisotopic (exact) mass is 298 g/mol. The van der Waals surface area contributed by atoms with Crippen molar-refractivity contribution in [1.29, 1.82) is 0 Å². The third-order valence-electron chi connectivity index (χ3n) is 3.64. The Kier molecular flexibility index (Phi) is 4.67. The molecule has 1 aliphatic rings. The summed E-state index contributed by atoms with van der Waals surface area (Å²) < 4.78 is 32.6. The molecule has 5 nitrogen and oxygen atoms in total. The highest BCUT2D eigenvalue weighted by atomic mass is 32.2. The van der Waals surface area contributed by atoms with Crippen molar-refractivity contribution in [1.82, 2.24) is 4.31 Å². The summed E-state index contributed by atoms with van der Waals surface area (Å²) in [7, 11) is -1.65. The molecule has 1 aromatic rings. The van der Waals surface area contributed by atoms with Gasteiger partial charge in [0.05, 0.1) is 17.6 Å². The van der Waals surface area contributed by atoms with E-state index in [0.717, 1.165) is 12.1 Å². The minimum atomic E-state index is -3.46. The van der Waals surface area contributed by atoms with Crippen LogP contribution in [-0.4, -0.2) is 45.1 Å². The third-order valence-corrected chi connectivity index (χ3v) is 5.57. The maximum absolute atomic E-state index is 12.8.